The van der Waals surface area contributed by atoms with Crippen LogP contribution in [0, 0.1) is 6.92 Å². The molecule has 1 saturated heterocycles. The van der Waals surface area contributed by atoms with Crippen molar-refractivity contribution in [3.05, 3.63) is 29.8 Å². The van der Waals surface area contributed by atoms with E-state index in [9.17, 15) is 8.42 Å². The van der Waals surface area contributed by atoms with Crippen LogP contribution in [-0.2, 0) is 10.0 Å². The summed E-state index contributed by atoms with van der Waals surface area (Å²) >= 11 is 0. The van der Waals surface area contributed by atoms with Crippen LogP contribution in [0.4, 0.5) is 0 Å². The van der Waals surface area contributed by atoms with E-state index in [2.05, 4.69) is 0 Å². The maximum atomic E-state index is 12.5. The summed E-state index contributed by atoms with van der Waals surface area (Å²) in [6, 6.07) is 7.14. The second kappa shape index (κ2) is 4.99. The second-order valence-electron chi connectivity index (χ2n) is 5.07. The van der Waals surface area contributed by atoms with Gasteiger partial charge in [0.25, 0.3) is 0 Å². The second-order valence-corrected chi connectivity index (χ2v) is 6.96. The number of aryl methyl sites for hydroxylation is 1. The molecule has 0 aliphatic carbocycles. The molecule has 0 radical (unpaired) electrons. The lowest BCUT2D eigenvalue weighted by molar-refractivity contribution is 0.247. The minimum atomic E-state index is -3.38. The molecule has 1 fully saturated rings. The Morgan fingerprint density at radius 3 is 2.72 bits per heavy atom. The number of nitrogens with zero attached hydrogens (tertiary/aromatic N) is 1. The molecule has 1 aromatic rings. The number of hydrogen-bond acceptors (Lipinski definition) is 3. The third kappa shape index (κ3) is 2.58. The van der Waals surface area contributed by atoms with Gasteiger partial charge < -0.3 is 5.73 Å². The Balaban J connectivity index is 2.31. The van der Waals surface area contributed by atoms with Crippen molar-refractivity contribution in [3.63, 3.8) is 0 Å². The summed E-state index contributed by atoms with van der Waals surface area (Å²) in [5, 5.41) is 0. The summed E-state index contributed by atoms with van der Waals surface area (Å²) in [5.41, 5.74) is 6.83. The van der Waals surface area contributed by atoms with Gasteiger partial charge in [0.15, 0.2) is 0 Å². The molecule has 2 N–H and O–H groups in total. The minimum Gasteiger partial charge on any atom is -0.328 e. The van der Waals surface area contributed by atoms with Crippen molar-refractivity contribution in [2.24, 2.45) is 5.73 Å². The number of hydrogen-bond donors (Lipinski definition) is 1. The van der Waals surface area contributed by atoms with Gasteiger partial charge in [-0.15, -0.1) is 0 Å². The first-order valence-corrected chi connectivity index (χ1v) is 7.69. The SMILES string of the molecule is Cc1cccc(S(=O)(=O)N2CCC(N)CC2C)c1. The molecule has 2 unspecified atom stereocenters. The largest absolute Gasteiger partial charge is 0.328 e. The molecule has 5 heteroatoms. The van der Waals surface area contributed by atoms with Crippen LogP contribution in [0.25, 0.3) is 0 Å². The van der Waals surface area contributed by atoms with Crippen molar-refractivity contribution in [2.75, 3.05) is 6.54 Å². The van der Waals surface area contributed by atoms with Gasteiger partial charge in [0.1, 0.15) is 0 Å². The van der Waals surface area contributed by atoms with E-state index in [-0.39, 0.29) is 12.1 Å². The van der Waals surface area contributed by atoms with E-state index >= 15 is 0 Å². The number of rotatable bonds is 2. The Labute approximate surface area is 109 Å². The highest BCUT2D eigenvalue weighted by Gasteiger charge is 2.33. The maximum absolute atomic E-state index is 12.5. The molecular weight excluding hydrogens is 248 g/mol. The van der Waals surface area contributed by atoms with Gasteiger partial charge >= 0.3 is 0 Å². The smallest absolute Gasteiger partial charge is 0.243 e. The molecule has 1 aromatic carbocycles. The van der Waals surface area contributed by atoms with Crippen LogP contribution in [0.15, 0.2) is 29.2 Å². The van der Waals surface area contributed by atoms with Crippen molar-refractivity contribution < 1.29 is 8.42 Å². The first kappa shape index (κ1) is 13.5. The van der Waals surface area contributed by atoms with Crippen LogP contribution in [0.2, 0.25) is 0 Å². The van der Waals surface area contributed by atoms with Gasteiger partial charge in [0.2, 0.25) is 10.0 Å². The molecule has 100 valence electrons. The van der Waals surface area contributed by atoms with Gasteiger partial charge in [-0.3, -0.25) is 0 Å². The molecule has 2 rings (SSSR count). The van der Waals surface area contributed by atoms with Gasteiger partial charge in [-0.25, -0.2) is 8.42 Å². The maximum Gasteiger partial charge on any atom is 0.243 e. The first-order chi connectivity index (χ1) is 8.41. The fraction of sp³-hybridized carbons (Fsp3) is 0.538. The molecule has 0 aromatic heterocycles. The summed E-state index contributed by atoms with van der Waals surface area (Å²) < 4.78 is 26.7. The van der Waals surface area contributed by atoms with Crippen molar-refractivity contribution in [1.29, 1.82) is 0 Å². The summed E-state index contributed by atoms with van der Waals surface area (Å²) in [7, 11) is -3.38. The Kier molecular flexibility index (Phi) is 3.75. The molecule has 4 nitrogen and oxygen atoms in total. The minimum absolute atomic E-state index is 0.0285. The highest BCUT2D eigenvalue weighted by Crippen LogP contribution is 2.25. The molecule has 18 heavy (non-hydrogen) atoms. The zero-order valence-electron chi connectivity index (χ0n) is 10.8. The van der Waals surface area contributed by atoms with E-state index in [1.165, 1.54) is 0 Å². The fourth-order valence-electron chi connectivity index (χ4n) is 2.46. The number of piperidine rings is 1. The van der Waals surface area contributed by atoms with E-state index in [0.29, 0.717) is 11.4 Å². The number of sulfonamides is 1. The van der Waals surface area contributed by atoms with Crippen LogP contribution in [0.1, 0.15) is 25.3 Å². The molecule has 0 bridgehead atoms. The van der Waals surface area contributed by atoms with E-state index in [4.69, 9.17) is 5.73 Å². The molecule has 1 aliphatic heterocycles. The molecular formula is C13H20N2O2S. The quantitative estimate of drug-likeness (QED) is 0.884. The van der Waals surface area contributed by atoms with E-state index in [0.717, 1.165) is 18.4 Å². The topological polar surface area (TPSA) is 63.4 Å². The average molecular weight is 268 g/mol. The summed E-state index contributed by atoms with van der Waals surface area (Å²) in [6.07, 6.45) is 1.46. The van der Waals surface area contributed by atoms with E-state index < -0.39 is 10.0 Å². The summed E-state index contributed by atoms with van der Waals surface area (Å²) in [4.78, 5) is 0.379. The Morgan fingerprint density at radius 1 is 1.39 bits per heavy atom. The average Bonchev–Trinajstić information content (AvgIpc) is 2.28. The van der Waals surface area contributed by atoms with Gasteiger partial charge in [-0.05, 0) is 44.4 Å². The molecule has 0 amide bonds. The molecule has 1 aliphatic rings. The van der Waals surface area contributed by atoms with Gasteiger partial charge in [0, 0.05) is 18.6 Å². The predicted octanol–water partition coefficient (Wildman–Crippen LogP) is 1.50. The highest BCUT2D eigenvalue weighted by atomic mass is 32.2. The first-order valence-electron chi connectivity index (χ1n) is 6.25. The summed E-state index contributed by atoms with van der Waals surface area (Å²) in [5.74, 6) is 0. The van der Waals surface area contributed by atoms with Crippen molar-refractivity contribution in [2.45, 2.75) is 43.7 Å². The van der Waals surface area contributed by atoms with E-state index in [1.54, 1.807) is 22.5 Å². The Bertz CT molecular complexity index is 528. The zero-order chi connectivity index (χ0) is 13.3. The zero-order valence-corrected chi connectivity index (χ0v) is 11.7. The van der Waals surface area contributed by atoms with Gasteiger partial charge in [0.05, 0.1) is 4.90 Å². The number of nitrogens with two attached hydrogens (primary N) is 1. The van der Waals surface area contributed by atoms with Crippen LogP contribution in [-0.4, -0.2) is 31.4 Å². The Morgan fingerprint density at radius 2 is 2.11 bits per heavy atom. The lowest BCUT2D eigenvalue weighted by atomic mass is 10.0. The van der Waals surface area contributed by atoms with Gasteiger partial charge in [-0.2, -0.15) is 4.31 Å². The fourth-order valence-corrected chi connectivity index (χ4v) is 4.22. The molecule has 1 heterocycles. The highest BCUT2D eigenvalue weighted by molar-refractivity contribution is 7.89. The van der Waals surface area contributed by atoms with Gasteiger partial charge in [-0.1, -0.05) is 12.1 Å². The molecule has 0 saturated carbocycles. The normalized spacial score (nSPS) is 26.2. The molecule has 2 atom stereocenters. The monoisotopic (exact) mass is 268 g/mol. The van der Waals surface area contributed by atoms with E-state index in [1.807, 2.05) is 19.9 Å². The van der Waals surface area contributed by atoms with Crippen LogP contribution in [0.3, 0.4) is 0 Å². The van der Waals surface area contributed by atoms with Crippen LogP contribution >= 0.6 is 0 Å². The third-order valence-corrected chi connectivity index (χ3v) is 5.46. The lowest BCUT2D eigenvalue weighted by Gasteiger charge is -2.35. The van der Waals surface area contributed by atoms with Crippen molar-refractivity contribution >= 4 is 10.0 Å². The van der Waals surface area contributed by atoms with Crippen LogP contribution in [0.5, 0.6) is 0 Å². The van der Waals surface area contributed by atoms with Crippen molar-refractivity contribution in [3.8, 4) is 0 Å². The standard InChI is InChI=1S/C13H20N2O2S/c1-10-4-3-5-13(8-10)18(16,17)15-7-6-12(14)9-11(15)2/h3-5,8,11-12H,6-7,9,14H2,1-2H3. The molecule has 0 spiro atoms. The van der Waals surface area contributed by atoms with Crippen molar-refractivity contribution in [1.82, 2.24) is 4.31 Å². The third-order valence-electron chi connectivity index (χ3n) is 3.45. The predicted molar refractivity (Wildman–Crippen MR) is 71.7 cm³/mol. The summed E-state index contributed by atoms with van der Waals surface area (Å²) in [6.45, 7) is 4.33. The number of benzene rings is 1. The Hall–Kier alpha value is -0.910. The lowest BCUT2D eigenvalue weighted by Crippen LogP contribution is -2.48. The van der Waals surface area contributed by atoms with Crippen LogP contribution < -0.4 is 5.73 Å².